The van der Waals surface area contributed by atoms with Gasteiger partial charge in [0.1, 0.15) is 5.76 Å². The van der Waals surface area contributed by atoms with Crippen LogP contribution in [0.3, 0.4) is 0 Å². The van der Waals surface area contributed by atoms with E-state index in [1.807, 2.05) is 6.07 Å². The lowest BCUT2D eigenvalue weighted by Crippen LogP contribution is -2.27. The average molecular weight is 365 g/mol. The fourth-order valence-electron chi connectivity index (χ4n) is 2.41. The first-order valence-electron chi connectivity index (χ1n) is 6.32. The predicted octanol–water partition coefficient (Wildman–Crippen LogP) is 4.86. The van der Waals surface area contributed by atoms with E-state index in [1.165, 1.54) is 32.1 Å². The van der Waals surface area contributed by atoms with E-state index in [0.717, 1.165) is 27.4 Å². The Bertz CT molecular complexity index is 345. The van der Waals surface area contributed by atoms with E-state index in [0.29, 0.717) is 6.04 Å². The second-order valence-corrected chi connectivity index (χ2v) is 6.60. The van der Waals surface area contributed by atoms with Crippen molar-refractivity contribution in [1.29, 1.82) is 0 Å². The molecule has 1 N–H and O–H groups in total. The lowest BCUT2D eigenvalue weighted by molar-refractivity contribution is 0.405. The fourth-order valence-corrected chi connectivity index (χ4v) is 3.07. The second kappa shape index (κ2) is 6.39. The molecule has 1 heterocycles. The summed E-state index contributed by atoms with van der Waals surface area (Å²) in [6.45, 7) is 3.19. The van der Waals surface area contributed by atoms with Gasteiger partial charge in [-0.25, -0.2) is 0 Å². The summed E-state index contributed by atoms with van der Waals surface area (Å²) in [6, 6.07) is 2.68. The van der Waals surface area contributed by atoms with Crippen LogP contribution >= 0.6 is 31.9 Å². The van der Waals surface area contributed by atoms with E-state index in [1.54, 1.807) is 0 Å². The average Bonchev–Trinajstić information content (AvgIpc) is 2.50. The Balaban J connectivity index is 1.81. The predicted molar refractivity (Wildman–Crippen MR) is 77.0 cm³/mol. The topological polar surface area (TPSA) is 25.2 Å². The molecule has 0 bridgehead atoms. The highest BCUT2D eigenvalue weighted by molar-refractivity contribution is 9.13. The molecule has 1 aromatic rings. The molecule has 0 spiro atoms. The Morgan fingerprint density at radius 1 is 1.29 bits per heavy atom. The maximum absolute atomic E-state index is 5.57. The molecule has 2 nitrogen and oxygen atoms in total. The zero-order valence-corrected chi connectivity index (χ0v) is 13.3. The first kappa shape index (κ1) is 13.6. The number of furan rings is 1. The summed E-state index contributed by atoms with van der Waals surface area (Å²) in [5.41, 5.74) is 0. The smallest absolute Gasteiger partial charge is 0.183 e. The number of nitrogens with one attached hydrogen (secondary N) is 1. The molecule has 2 rings (SSSR count). The Hall–Kier alpha value is 0.200. The van der Waals surface area contributed by atoms with Gasteiger partial charge in [-0.2, -0.15) is 0 Å². The van der Waals surface area contributed by atoms with E-state index in [2.05, 4.69) is 44.1 Å². The molecule has 1 fully saturated rings. The van der Waals surface area contributed by atoms with Crippen molar-refractivity contribution in [2.75, 3.05) is 0 Å². The van der Waals surface area contributed by atoms with E-state index in [9.17, 15) is 0 Å². The molecule has 2 atom stereocenters. The summed E-state index contributed by atoms with van der Waals surface area (Å²) >= 11 is 6.80. The van der Waals surface area contributed by atoms with Crippen LogP contribution in [-0.2, 0) is 6.54 Å². The zero-order valence-electron chi connectivity index (χ0n) is 10.1. The van der Waals surface area contributed by atoms with Crippen LogP contribution in [0.15, 0.2) is 19.6 Å². The Morgan fingerprint density at radius 3 is 2.82 bits per heavy atom. The normalized spacial score (nSPS) is 25.8. The maximum Gasteiger partial charge on any atom is 0.183 e. The minimum absolute atomic E-state index is 0.655. The summed E-state index contributed by atoms with van der Waals surface area (Å²) in [6.07, 6.45) is 6.68. The molecule has 4 heteroatoms. The van der Waals surface area contributed by atoms with Crippen LogP contribution in [0.5, 0.6) is 0 Å². The van der Waals surface area contributed by atoms with Crippen molar-refractivity contribution in [1.82, 2.24) is 5.32 Å². The number of rotatable bonds is 3. The Kier molecular flexibility index (Phi) is 5.12. The Labute approximate surface area is 120 Å². The van der Waals surface area contributed by atoms with Crippen molar-refractivity contribution < 1.29 is 4.42 Å². The molecule has 1 aliphatic carbocycles. The molecule has 0 radical (unpaired) electrons. The van der Waals surface area contributed by atoms with Gasteiger partial charge in [-0.3, -0.25) is 0 Å². The van der Waals surface area contributed by atoms with Crippen LogP contribution < -0.4 is 5.32 Å². The molecule has 17 heavy (non-hydrogen) atoms. The monoisotopic (exact) mass is 363 g/mol. The van der Waals surface area contributed by atoms with Crippen molar-refractivity contribution >= 4 is 31.9 Å². The van der Waals surface area contributed by atoms with Gasteiger partial charge < -0.3 is 9.73 Å². The number of hydrogen-bond acceptors (Lipinski definition) is 2. The van der Waals surface area contributed by atoms with Crippen LogP contribution in [0.1, 0.15) is 44.8 Å². The van der Waals surface area contributed by atoms with Gasteiger partial charge in [-0.1, -0.05) is 19.8 Å². The molecular formula is C13H19Br2NO. The summed E-state index contributed by atoms with van der Waals surface area (Å²) < 4.78 is 7.34. The lowest BCUT2D eigenvalue weighted by Gasteiger charge is -2.15. The molecule has 0 aliphatic heterocycles. The summed E-state index contributed by atoms with van der Waals surface area (Å²) in [7, 11) is 0. The molecule has 1 aliphatic rings. The molecule has 0 saturated heterocycles. The van der Waals surface area contributed by atoms with Crippen LogP contribution in [0, 0.1) is 5.92 Å². The van der Waals surface area contributed by atoms with Crippen molar-refractivity contribution in [3.63, 3.8) is 0 Å². The third-order valence-corrected chi connectivity index (χ3v) is 5.23. The highest BCUT2D eigenvalue weighted by atomic mass is 79.9. The van der Waals surface area contributed by atoms with Gasteiger partial charge in [0.05, 0.1) is 11.0 Å². The Morgan fingerprint density at radius 2 is 2.12 bits per heavy atom. The quantitative estimate of drug-likeness (QED) is 0.774. The van der Waals surface area contributed by atoms with Crippen molar-refractivity contribution in [2.45, 2.75) is 51.6 Å². The van der Waals surface area contributed by atoms with Crippen molar-refractivity contribution in [3.8, 4) is 0 Å². The van der Waals surface area contributed by atoms with E-state index in [4.69, 9.17) is 4.42 Å². The lowest BCUT2D eigenvalue weighted by atomic mass is 10.0. The van der Waals surface area contributed by atoms with Gasteiger partial charge in [0.15, 0.2) is 4.67 Å². The first-order chi connectivity index (χ1) is 8.15. The first-order valence-corrected chi connectivity index (χ1v) is 7.91. The highest BCUT2D eigenvalue weighted by Crippen LogP contribution is 2.27. The molecule has 96 valence electrons. The maximum atomic E-state index is 5.57. The molecule has 1 aromatic heterocycles. The SMILES string of the molecule is CC1CCCC(NCc2cc(Br)c(Br)o2)CC1. The largest absolute Gasteiger partial charge is 0.452 e. The van der Waals surface area contributed by atoms with Gasteiger partial charge in [-0.15, -0.1) is 0 Å². The van der Waals surface area contributed by atoms with Crippen LogP contribution in [-0.4, -0.2) is 6.04 Å². The van der Waals surface area contributed by atoms with Crippen LogP contribution in [0.4, 0.5) is 0 Å². The molecule has 1 saturated carbocycles. The van der Waals surface area contributed by atoms with Gasteiger partial charge in [0, 0.05) is 6.04 Å². The molecule has 0 aromatic carbocycles. The highest BCUT2D eigenvalue weighted by Gasteiger charge is 2.16. The summed E-state index contributed by atoms with van der Waals surface area (Å²) in [4.78, 5) is 0. The van der Waals surface area contributed by atoms with Crippen LogP contribution in [0.25, 0.3) is 0 Å². The standard InChI is InChI=1S/C13H19Br2NO/c1-9-3-2-4-10(6-5-9)16-8-11-7-12(14)13(15)17-11/h7,9-10,16H,2-6,8H2,1H3. The minimum atomic E-state index is 0.655. The zero-order chi connectivity index (χ0) is 12.3. The number of halogens is 2. The van der Waals surface area contributed by atoms with Crippen molar-refractivity contribution in [2.24, 2.45) is 5.92 Å². The fraction of sp³-hybridized carbons (Fsp3) is 0.692. The second-order valence-electron chi connectivity index (χ2n) is 5.03. The van der Waals surface area contributed by atoms with Gasteiger partial charge in [0.25, 0.3) is 0 Å². The third-order valence-electron chi connectivity index (χ3n) is 3.52. The summed E-state index contributed by atoms with van der Waals surface area (Å²) in [5.74, 6) is 1.88. The van der Waals surface area contributed by atoms with E-state index >= 15 is 0 Å². The van der Waals surface area contributed by atoms with Gasteiger partial charge >= 0.3 is 0 Å². The van der Waals surface area contributed by atoms with Gasteiger partial charge in [-0.05, 0) is 63.1 Å². The van der Waals surface area contributed by atoms with Gasteiger partial charge in [0.2, 0.25) is 0 Å². The molecular weight excluding hydrogens is 346 g/mol. The van der Waals surface area contributed by atoms with E-state index < -0.39 is 0 Å². The third kappa shape index (κ3) is 4.11. The molecule has 2 unspecified atom stereocenters. The number of hydrogen-bond donors (Lipinski definition) is 1. The summed E-state index contributed by atoms with van der Waals surface area (Å²) in [5, 5.41) is 3.60. The van der Waals surface area contributed by atoms with Crippen LogP contribution in [0.2, 0.25) is 0 Å². The minimum Gasteiger partial charge on any atom is -0.452 e. The van der Waals surface area contributed by atoms with Crippen molar-refractivity contribution in [3.05, 3.63) is 21.0 Å². The molecule has 0 amide bonds. The van der Waals surface area contributed by atoms with E-state index in [-0.39, 0.29) is 0 Å².